The summed E-state index contributed by atoms with van der Waals surface area (Å²) < 4.78 is 56.0. The summed E-state index contributed by atoms with van der Waals surface area (Å²) in [5, 5.41) is 0. The summed E-state index contributed by atoms with van der Waals surface area (Å²) in [7, 11) is 0. The molecule has 16 rings (SSSR count). The van der Waals surface area contributed by atoms with Crippen molar-refractivity contribution in [2.45, 2.75) is 89.9 Å². The molecule has 2 fully saturated rings. The van der Waals surface area contributed by atoms with E-state index >= 15 is 8.78 Å². The highest BCUT2D eigenvalue weighted by molar-refractivity contribution is 5.92. The molecule has 0 aromatic heterocycles. The topological polar surface area (TPSA) is 43.4 Å². The SMILES string of the molecule is CCC1(COc2ccc(C3(c4ccc(C(C)(C)C)cc4)c4ccccc4-c4ccc(N(c5ccc(-c6ccc(N(c7cccc(F)c7)c7ccc8c(c7)C(c7ccc(OCC9(CC)COC9)cc7)(c7ccc(C(C)(C)C)cc7)c7ccccc7-8)cc6)cc5)c5cccc(F)c5)cc43)cc2)COC1. The van der Waals surface area contributed by atoms with Crippen LogP contribution in [0.4, 0.5) is 42.9 Å². The minimum Gasteiger partial charge on any atom is -0.493 e. The fourth-order valence-electron chi connectivity index (χ4n) is 16.2. The molecule has 6 nitrogen and oxygen atoms in total. The van der Waals surface area contributed by atoms with Crippen LogP contribution in [0.2, 0.25) is 0 Å². The van der Waals surface area contributed by atoms with E-state index in [0.717, 1.165) is 103 Å². The van der Waals surface area contributed by atoms with Gasteiger partial charge in [0.15, 0.2) is 0 Å². The molecule has 8 heteroatoms. The van der Waals surface area contributed by atoms with Gasteiger partial charge in [0.1, 0.15) is 23.1 Å². The molecule has 102 heavy (non-hydrogen) atoms. The van der Waals surface area contributed by atoms with Gasteiger partial charge in [-0.15, -0.1) is 0 Å². The summed E-state index contributed by atoms with van der Waals surface area (Å²) in [4.78, 5) is 4.33. The van der Waals surface area contributed by atoms with Gasteiger partial charge >= 0.3 is 0 Å². The first kappa shape index (κ1) is 66.2. The Morgan fingerprint density at radius 3 is 0.980 bits per heavy atom. The third-order valence-corrected chi connectivity index (χ3v) is 22.5. The van der Waals surface area contributed by atoms with Crippen LogP contribution in [-0.4, -0.2) is 39.6 Å². The maximum atomic E-state index is 15.8. The number of benzene rings is 12. The van der Waals surface area contributed by atoms with Gasteiger partial charge in [-0.3, -0.25) is 0 Å². The molecule has 0 amide bonds. The van der Waals surface area contributed by atoms with Crippen LogP contribution >= 0.6 is 0 Å². The van der Waals surface area contributed by atoms with Crippen molar-refractivity contribution in [2.24, 2.45) is 10.8 Å². The Labute approximate surface area is 599 Å². The molecule has 2 aliphatic heterocycles. The lowest BCUT2D eigenvalue weighted by Gasteiger charge is -2.40. The van der Waals surface area contributed by atoms with Gasteiger partial charge in [0.05, 0.1) is 61.3 Å². The average molecular weight is 1350 g/mol. The van der Waals surface area contributed by atoms with Gasteiger partial charge in [0, 0.05) is 34.1 Å². The number of hydrogen-bond donors (Lipinski definition) is 0. The fraction of sp³-hybridized carbons (Fsp3) is 0.234. The number of ether oxygens (including phenoxy) is 4. The zero-order valence-electron chi connectivity index (χ0n) is 59.5. The number of anilines is 6. The van der Waals surface area contributed by atoms with E-state index < -0.39 is 10.8 Å². The Bertz CT molecular complexity index is 4730. The van der Waals surface area contributed by atoms with Crippen LogP contribution in [0.1, 0.15) is 124 Å². The number of fused-ring (bicyclic) bond motifs is 6. The van der Waals surface area contributed by atoms with Crippen molar-refractivity contribution in [3.8, 4) is 44.9 Å². The maximum absolute atomic E-state index is 15.8. The van der Waals surface area contributed by atoms with Crippen LogP contribution in [0.5, 0.6) is 11.5 Å². The van der Waals surface area contributed by atoms with Crippen molar-refractivity contribution in [1.82, 2.24) is 0 Å². The summed E-state index contributed by atoms with van der Waals surface area (Å²) in [6, 6.07) is 97.8. The molecule has 2 heterocycles. The fourth-order valence-corrected chi connectivity index (χ4v) is 16.2. The molecule has 0 bridgehead atoms. The Hall–Kier alpha value is -10.4. The quantitative estimate of drug-likeness (QED) is 0.0804. The van der Waals surface area contributed by atoms with Gasteiger partial charge in [-0.1, -0.05) is 225 Å². The van der Waals surface area contributed by atoms with Crippen molar-refractivity contribution in [1.29, 1.82) is 0 Å². The number of nitrogens with zero attached hydrogens (tertiary/aromatic N) is 2. The third kappa shape index (κ3) is 11.5. The molecule has 2 unspecified atom stereocenters. The first-order valence-corrected chi connectivity index (χ1v) is 36.1. The second-order valence-corrected chi connectivity index (χ2v) is 30.7. The van der Waals surface area contributed by atoms with E-state index in [1.807, 2.05) is 12.1 Å². The van der Waals surface area contributed by atoms with E-state index in [2.05, 4.69) is 296 Å². The summed E-state index contributed by atoms with van der Waals surface area (Å²) in [5.74, 6) is 0.999. The molecule has 2 saturated heterocycles. The van der Waals surface area contributed by atoms with Crippen LogP contribution < -0.4 is 19.3 Å². The molecule has 4 aliphatic rings. The van der Waals surface area contributed by atoms with Gasteiger partial charge in [-0.2, -0.15) is 0 Å². The Morgan fingerprint density at radius 1 is 0.333 bits per heavy atom. The molecule has 0 N–H and O–H groups in total. The molecule has 2 atom stereocenters. The summed E-state index contributed by atoms with van der Waals surface area (Å²) in [6.07, 6.45) is 1.99. The molecule has 12 aromatic rings. The highest BCUT2D eigenvalue weighted by atomic mass is 19.1. The van der Waals surface area contributed by atoms with Gasteiger partial charge in [-0.25, -0.2) is 8.78 Å². The zero-order valence-corrected chi connectivity index (χ0v) is 59.5. The lowest BCUT2D eigenvalue weighted by molar-refractivity contribution is -0.133. The molecule has 0 radical (unpaired) electrons. The molecule has 510 valence electrons. The van der Waals surface area contributed by atoms with E-state index in [0.29, 0.717) is 51.0 Å². The normalized spacial score (nSPS) is 17.5. The van der Waals surface area contributed by atoms with Crippen molar-refractivity contribution in [3.05, 3.63) is 346 Å². The lowest BCUT2D eigenvalue weighted by Crippen LogP contribution is -2.46. The zero-order chi connectivity index (χ0) is 70.2. The number of halogens is 2. The van der Waals surface area contributed by atoms with E-state index in [-0.39, 0.29) is 33.3 Å². The standard InChI is InChI=1S/C94H86F2N2O4/c1-9-91(57-99-58-91)61-101-79-47-37-69(38-48-79)93(67-33-29-65(30-34-67)89(3,4)5)85-23-13-11-21-81(85)83-51-45-77(55-87(83)93)97(75-19-15-17-71(95)53-75)73-41-25-63(26-42-73)64-27-43-74(44-28-64)98(76-20-16-18-72(96)54-76)78-46-52-84-82-22-12-14-24-86(82)94(88(84)56-78,68-35-31-66(32-36-68)90(6,7)8)70-39-49-80(50-40-70)102-62-92(10-2)59-100-60-92/h11-56H,9-10,57-62H2,1-8H3. The summed E-state index contributed by atoms with van der Waals surface area (Å²) in [6.45, 7) is 22.0. The molecule has 0 saturated carbocycles. The summed E-state index contributed by atoms with van der Waals surface area (Å²) >= 11 is 0. The predicted molar refractivity (Wildman–Crippen MR) is 411 cm³/mol. The smallest absolute Gasteiger partial charge is 0.125 e. The first-order valence-electron chi connectivity index (χ1n) is 36.1. The van der Waals surface area contributed by atoms with Gasteiger partial charge < -0.3 is 28.7 Å². The van der Waals surface area contributed by atoms with Crippen LogP contribution in [-0.2, 0) is 31.1 Å². The van der Waals surface area contributed by atoms with Crippen molar-refractivity contribution in [2.75, 3.05) is 49.4 Å². The number of hydrogen-bond acceptors (Lipinski definition) is 6. The highest BCUT2D eigenvalue weighted by Crippen LogP contribution is 2.60. The Morgan fingerprint density at radius 2 is 0.657 bits per heavy atom. The van der Waals surface area contributed by atoms with E-state index in [9.17, 15) is 0 Å². The maximum Gasteiger partial charge on any atom is 0.125 e. The second-order valence-electron chi connectivity index (χ2n) is 30.7. The predicted octanol–water partition coefficient (Wildman–Crippen LogP) is 23.5. The van der Waals surface area contributed by atoms with Crippen LogP contribution in [0.15, 0.2) is 279 Å². The van der Waals surface area contributed by atoms with Crippen molar-refractivity contribution >= 4 is 34.1 Å². The molecule has 0 spiro atoms. The van der Waals surface area contributed by atoms with Crippen LogP contribution in [0.3, 0.4) is 0 Å². The van der Waals surface area contributed by atoms with Crippen LogP contribution in [0, 0.1) is 22.5 Å². The largest absolute Gasteiger partial charge is 0.493 e. The summed E-state index contributed by atoms with van der Waals surface area (Å²) in [5.41, 5.74) is 21.7. The minimum atomic E-state index is -0.736. The molecule has 2 aliphatic carbocycles. The van der Waals surface area contributed by atoms with E-state index in [1.54, 1.807) is 24.3 Å². The van der Waals surface area contributed by atoms with E-state index in [1.165, 1.54) is 45.5 Å². The highest BCUT2D eigenvalue weighted by Gasteiger charge is 2.49. The minimum absolute atomic E-state index is 0.0384. The van der Waals surface area contributed by atoms with Gasteiger partial charge in [0.2, 0.25) is 0 Å². The lowest BCUT2D eigenvalue weighted by atomic mass is 9.67. The third-order valence-electron chi connectivity index (χ3n) is 22.5. The molecular weight excluding hydrogens is 1260 g/mol. The monoisotopic (exact) mass is 1340 g/mol. The Kier molecular flexibility index (Phi) is 16.8. The molecular formula is C94H86F2N2O4. The van der Waals surface area contributed by atoms with Gasteiger partial charge in [-0.05, 0) is 222 Å². The van der Waals surface area contributed by atoms with E-state index in [4.69, 9.17) is 18.9 Å². The second kappa shape index (κ2) is 25.9. The first-order chi connectivity index (χ1) is 49.4. The van der Waals surface area contributed by atoms with Crippen molar-refractivity contribution in [3.63, 3.8) is 0 Å². The Balaban J connectivity index is 0.770. The average Bonchev–Trinajstić information content (AvgIpc) is 1.53. The molecule has 12 aromatic carbocycles. The van der Waals surface area contributed by atoms with Crippen LogP contribution in [0.25, 0.3) is 33.4 Å². The van der Waals surface area contributed by atoms with Crippen molar-refractivity contribution < 1.29 is 27.7 Å². The van der Waals surface area contributed by atoms with Gasteiger partial charge in [0.25, 0.3) is 0 Å². The number of rotatable bonds is 19.